The molecule has 0 N–H and O–H groups in total. The maximum atomic E-state index is 13.3. The molecule has 1 unspecified atom stereocenters. The van der Waals surface area contributed by atoms with Crippen molar-refractivity contribution in [2.45, 2.75) is 56.4 Å². The van der Waals surface area contributed by atoms with Crippen LogP contribution in [0.2, 0.25) is 0 Å². The minimum absolute atomic E-state index is 0.0154. The second-order valence-corrected chi connectivity index (χ2v) is 8.84. The molecule has 0 amide bonds. The van der Waals surface area contributed by atoms with Crippen LogP contribution >= 0.6 is 0 Å². The Hall–Kier alpha value is -1.51. The molecule has 1 fully saturated rings. The highest BCUT2D eigenvalue weighted by Gasteiger charge is 2.30. The number of alkyl halides is 1. The Morgan fingerprint density at radius 2 is 2.07 bits per heavy atom. The fourth-order valence-corrected chi connectivity index (χ4v) is 5.10. The van der Waals surface area contributed by atoms with E-state index < -0.39 is 22.7 Å². The van der Waals surface area contributed by atoms with Gasteiger partial charge < -0.3 is 9.47 Å². The maximum absolute atomic E-state index is 13.3. The number of hydrogen-bond acceptors (Lipinski definition) is 5. The van der Waals surface area contributed by atoms with Gasteiger partial charge in [0.15, 0.2) is 0 Å². The van der Waals surface area contributed by atoms with E-state index in [-0.39, 0.29) is 23.0 Å². The molecule has 0 saturated carbocycles. The first-order chi connectivity index (χ1) is 13.4. The number of methoxy groups -OCH3 is 1. The van der Waals surface area contributed by atoms with Gasteiger partial charge in [-0.1, -0.05) is 19.4 Å². The molecule has 28 heavy (non-hydrogen) atoms. The summed E-state index contributed by atoms with van der Waals surface area (Å²) in [6.07, 6.45) is 4.22. The highest BCUT2D eigenvalue weighted by atomic mass is 32.2. The van der Waals surface area contributed by atoms with Gasteiger partial charge in [0.2, 0.25) is 10.0 Å². The van der Waals surface area contributed by atoms with E-state index in [1.54, 1.807) is 0 Å². The minimum atomic E-state index is -3.85. The van der Waals surface area contributed by atoms with E-state index >= 15 is 0 Å². The molecule has 158 valence electrons. The molecule has 8 heteroatoms. The lowest BCUT2D eigenvalue weighted by Crippen LogP contribution is -2.33. The molecular formula is C20H30FNO5S. The average molecular weight is 416 g/mol. The number of nitrogens with zero attached hydrogens (tertiary/aromatic N) is 1. The summed E-state index contributed by atoms with van der Waals surface area (Å²) in [6.45, 7) is 2.84. The Bertz CT molecular complexity index is 753. The minimum Gasteiger partial charge on any atom is -0.465 e. The topological polar surface area (TPSA) is 72.9 Å². The molecule has 1 aromatic carbocycles. The predicted molar refractivity (Wildman–Crippen MR) is 105 cm³/mol. The second-order valence-electron chi connectivity index (χ2n) is 6.93. The third kappa shape index (κ3) is 5.75. The van der Waals surface area contributed by atoms with E-state index in [9.17, 15) is 17.6 Å². The van der Waals surface area contributed by atoms with Gasteiger partial charge in [-0.3, -0.25) is 4.39 Å². The van der Waals surface area contributed by atoms with Gasteiger partial charge in [0.05, 0.1) is 30.3 Å². The zero-order valence-corrected chi connectivity index (χ0v) is 17.5. The van der Waals surface area contributed by atoms with E-state index in [4.69, 9.17) is 9.47 Å². The van der Waals surface area contributed by atoms with E-state index in [1.165, 1.54) is 29.6 Å². The van der Waals surface area contributed by atoms with Crippen LogP contribution in [0.3, 0.4) is 0 Å². The molecule has 0 radical (unpaired) electrons. The summed E-state index contributed by atoms with van der Waals surface area (Å²) in [5, 5.41) is 0. The van der Waals surface area contributed by atoms with Crippen molar-refractivity contribution >= 4 is 16.0 Å². The first kappa shape index (κ1) is 22.8. The number of rotatable bonds is 9. The van der Waals surface area contributed by atoms with Gasteiger partial charge in [0.25, 0.3) is 0 Å². The number of benzene rings is 1. The summed E-state index contributed by atoms with van der Waals surface area (Å²) < 4.78 is 51.5. The fourth-order valence-electron chi connectivity index (χ4n) is 3.33. The summed E-state index contributed by atoms with van der Waals surface area (Å²) in [5.74, 6) is -0.622. The van der Waals surface area contributed by atoms with Crippen LogP contribution in [-0.4, -0.2) is 58.3 Å². The molecule has 1 aliphatic heterocycles. The SMILES string of the molecule is CCCCOC1CCCN(S(=O)(=O)c2cc(C(=O)OC)ccc2CCF)CC1. The molecule has 1 heterocycles. The van der Waals surface area contributed by atoms with Gasteiger partial charge >= 0.3 is 5.97 Å². The number of carbonyl (C=O) groups is 1. The van der Waals surface area contributed by atoms with Crippen molar-refractivity contribution in [3.05, 3.63) is 29.3 Å². The van der Waals surface area contributed by atoms with Crippen LogP contribution in [0.5, 0.6) is 0 Å². The smallest absolute Gasteiger partial charge is 0.337 e. The third-order valence-corrected chi connectivity index (χ3v) is 6.94. The Balaban J connectivity index is 2.23. The van der Waals surface area contributed by atoms with Gasteiger partial charge in [-0.25, -0.2) is 13.2 Å². The lowest BCUT2D eigenvalue weighted by Gasteiger charge is -2.22. The zero-order valence-electron chi connectivity index (χ0n) is 16.7. The highest BCUT2D eigenvalue weighted by molar-refractivity contribution is 7.89. The lowest BCUT2D eigenvalue weighted by atomic mass is 10.1. The van der Waals surface area contributed by atoms with E-state index in [2.05, 4.69) is 6.92 Å². The maximum Gasteiger partial charge on any atom is 0.337 e. The van der Waals surface area contributed by atoms with E-state index in [1.807, 2.05) is 0 Å². The normalized spacial score (nSPS) is 18.6. The molecule has 0 aromatic heterocycles. The average Bonchev–Trinajstić information content (AvgIpc) is 2.94. The van der Waals surface area contributed by atoms with Crippen LogP contribution in [-0.2, 0) is 25.9 Å². The summed E-state index contributed by atoms with van der Waals surface area (Å²) in [6, 6.07) is 4.26. The molecule has 2 rings (SSSR count). The molecule has 0 spiro atoms. The number of carbonyl (C=O) groups excluding carboxylic acids is 1. The van der Waals surface area contributed by atoms with Gasteiger partial charge in [0, 0.05) is 26.1 Å². The number of hydrogen-bond donors (Lipinski definition) is 0. The van der Waals surface area contributed by atoms with Gasteiger partial charge in [0.1, 0.15) is 0 Å². The standard InChI is InChI=1S/C20H30FNO5S/c1-3-4-14-27-18-6-5-12-22(13-10-18)28(24,25)19-15-17(20(23)26-2)8-7-16(19)9-11-21/h7-8,15,18H,3-6,9-14H2,1-2H3. The van der Waals surface area contributed by atoms with Gasteiger partial charge in [-0.15, -0.1) is 0 Å². The summed E-state index contributed by atoms with van der Waals surface area (Å²) in [7, 11) is -2.61. The van der Waals surface area contributed by atoms with Gasteiger partial charge in [-0.2, -0.15) is 4.31 Å². The van der Waals surface area contributed by atoms with Crippen LogP contribution in [0.1, 0.15) is 54.9 Å². The van der Waals surface area contributed by atoms with Crippen LogP contribution in [0.25, 0.3) is 0 Å². The monoisotopic (exact) mass is 415 g/mol. The Morgan fingerprint density at radius 1 is 1.29 bits per heavy atom. The molecule has 0 bridgehead atoms. The molecular weight excluding hydrogens is 385 g/mol. The molecule has 1 saturated heterocycles. The lowest BCUT2D eigenvalue weighted by molar-refractivity contribution is 0.0428. The molecule has 1 aliphatic rings. The van der Waals surface area contributed by atoms with Crippen molar-refractivity contribution in [2.24, 2.45) is 0 Å². The van der Waals surface area contributed by atoms with Gasteiger partial charge in [-0.05, 0) is 43.4 Å². The number of unbranched alkanes of at least 4 members (excludes halogenated alkanes) is 1. The summed E-state index contributed by atoms with van der Waals surface area (Å²) in [5.41, 5.74) is 0.509. The number of sulfonamides is 1. The molecule has 6 nitrogen and oxygen atoms in total. The Morgan fingerprint density at radius 3 is 2.75 bits per heavy atom. The van der Waals surface area contributed by atoms with Crippen molar-refractivity contribution in [3.8, 4) is 0 Å². The molecule has 1 atom stereocenters. The van der Waals surface area contributed by atoms with E-state index in [0.29, 0.717) is 38.1 Å². The quantitative estimate of drug-likeness (QED) is 0.457. The number of aryl methyl sites for hydroxylation is 1. The number of halogens is 1. The zero-order chi connectivity index (χ0) is 20.6. The molecule has 1 aromatic rings. The first-order valence-electron chi connectivity index (χ1n) is 9.83. The second kappa shape index (κ2) is 10.9. The predicted octanol–water partition coefficient (Wildman–Crippen LogP) is 3.35. The van der Waals surface area contributed by atoms with Crippen molar-refractivity contribution in [2.75, 3.05) is 33.5 Å². The summed E-state index contributed by atoms with van der Waals surface area (Å²) >= 11 is 0. The third-order valence-electron chi connectivity index (χ3n) is 4.96. The highest BCUT2D eigenvalue weighted by Crippen LogP contribution is 2.26. The van der Waals surface area contributed by atoms with Crippen LogP contribution < -0.4 is 0 Å². The Labute approximate surface area is 167 Å². The van der Waals surface area contributed by atoms with E-state index in [0.717, 1.165) is 19.3 Å². The number of esters is 1. The Kier molecular flexibility index (Phi) is 8.85. The fraction of sp³-hybridized carbons (Fsp3) is 0.650. The largest absolute Gasteiger partial charge is 0.465 e. The van der Waals surface area contributed by atoms with Crippen molar-refractivity contribution in [1.82, 2.24) is 4.31 Å². The van der Waals surface area contributed by atoms with Crippen LogP contribution in [0.4, 0.5) is 4.39 Å². The van der Waals surface area contributed by atoms with Crippen LogP contribution in [0, 0.1) is 0 Å². The summed E-state index contributed by atoms with van der Waals surface area (Å²) in [4.78, 5) is 11.8. The first-order valence-corrected chi connectivity index (χ1v) is 11.3. The number of ether oxygens (including phenoxy) is 2. The van der Waals surface area contributed by atoms with Crippen LogP contribution in [0.15, 0.2) is 23.1 Å². The van der Waals surface area contributed by atoms with Crippen molar-refractivity contribution in [3.63, 3.8) is 0 Å². The van der Waals surface area contributed by atoms with Crippen molar-refractivity contribution in [1.29, 1.82) is 0 Å². The molecule has 0 aliphatic carbocycles. The van der Waals surface area contributed by atoms with Crippen molar-refractivity contribution < 1.29 is 27.1 Å².